The quantitative estimate of drug-likeness (QED) is 0.569. The fourth-order valence-corrected chi connectivity index (χ4v) is 3.62. The number of amides is 1. The van der Waals surface area contributed by atoms with E-state index in [2.05, 4.69) is 0 Å². The molecule has 1 N–H and O–H groups in total. The van der Waals surface area contributed by atoms with Gasteiger partial charge in [0.05, 0.1) is 26.4 Å². The number of nitrogens with zero attached hydrogens (tertiary/aromatic N) is 1. The van der Waals surface area contributed by atoms with E-state index in [0.29, 0.717) is 11.5 Å². The van der Waals surface area contributed by atoms with E-state index >= 15 is 0 Å². The molecule has 0 spiro atoms. The van der Waals surface area contributed by atoms with Crippen LogP contribution in [0.5, 0.6) is 11.5 Å². The van der Waals surface area contributed by atoms with Crippen molar-refractivity contribution >= 4 is 11.9 Å². The lowest BCUT2D eigenvalue weighted by Crippen LogP contribution is -2.66. The molecule has 1 amide bonds. The van der Waals surface area contributed by atoms with Crippen LogP contribution in [0.2, 0.25) is 0 Å². The zero-order chi connectivity index (χ0) is 21.1. The number of hydrogen-bond donors (Lipinski definition) is 1. The van der Waals surface area contributed by atoms with E-state index in [1.807, 2.05) is 48.5 Å². The molecule has 2 aromatic carbocycles. The number of carbonyl (C=O) groups is 2. The zero-order valence-corrected chi connectivity index (χ0v) is 16.9. The molecule has 3 atom stereocenters. The van der Waals surface area contributed by atoms with Crippen molar-refractivity contribution < 1.29 is 28.9 Å². The molecule has 1 aliphatic rings. The minimum absolute atomic E-state index is 0.275. The number of hydrogen-bond acceptors (Lipinski definition) is 6. The Morgan fingerprint density at radius 2 is 1.41 bits per heavy atom. The number of esters is 1. The van der Waals surface area contributed by atoms with E-state index in [9.17, 15) is 14.7 Å². The minimum atomic E-state index is -0.935. The first-order valence-corrected chi connectivity index (χ1v) is 9.32. The number of aliphatic hydroxyl groups is 1. The summed E-state index contributed by atoms with van der Waals surface area (Å²) in [6.45, 7) is 2.81. The van der Waals surface area contributed by atoms with Crippen molar-refractivity contribution in [1.82, 2.24) is 4.90 Å². The number of likely N-dealkylation sites (tertiary alicyclic amines) is 1. The van der Waals surface area contributed by atoms with Gasteiger partial charge in [-0.15, -0.1) is 0 Å². The highest BCUT2D eigenvalue weighted by Gasteiger charge is 2.55. The van der Waals surface area contributed by atoms with Crippen molar-refractivity contribution in [3.05, 3.63) is 59.7 Å². The van der Waals surface area contributed by atoms with Crippen molar-refractivity contribution in [2.75, 3.05) is 14.2 Å². The minimum Gasteiger partial charge on any atom is -0.497 e. The van der Waals surface area contributed by atoms with E-state index in [-0.39, 0.29) is 5.91 Å². The summed E-state index contributed by atoms with van der Waals surface area (Å²) in [5.74, 6) is -0.201. The standard InChI is InChI=1S/C22H25NO6/c1-13(24)19-21(26)23(22(19)29-14(2)25)20(15-5-9-17(27-3)10-6-15)16-7-11-18(28-4)12-8-16/h5-13,19-20,22,24H,1-4H3/t13-,19+,22-/m1/s1. The molecule has 29 heavy (non-hydrogen) atoms. The van der Waals surface area contributed by atoms with Crippen LogP contribution < -0.4 is 9.47 Å². The molecule has 154 valence electrons. The second kappa shape index (κ2) is 8.53. The van der Waals surface area contributed by atoms with E-state index in [0.717, 1.165) is 11.1 Å². The Balaban J connectivity index is 2.05. The number of ether oxygens (including phenoxy) is 3. The van der Waals surface area contributed by atoms with Crippen molar-refractivity contribution in [3.8, 4) is 11.5 Å². The third-order valence-electron chi connectivity index (χ3n) is 5.07. The Bertz CT molecular complexity index is 814. The molecule has 1 saturated heterocycles. The van der Waals surface area contributed by atoms with Crippen LogP contribution in [-0.4, -0.2) is 48.4 Å². The van der Waals surface area contributed by atoms with Gasteiger partial charge in [-0.2, -0.15) is 0 Å². The van der Waals surface area contributed by atoms with Gasteiger partial charge >= 0.3 is 5.97 Å². The summed E-state index contributed by atoms with van der Waals surface area (Å²) in [7, 11) is 3.16. The third kappa shape index (κ3) is 4.05. The fraction of sp³-hybridized carbons (Fsp3) is 0.364. The molecule has 1 fully saturated rings. The molecule has 1 heterocycles. The van der Waals surface area contributed by atoms with Crippen molar-refractivity contribution in [1.29, 1.82) is 0 Å². The molecular formula is C22H25NO6. The number of methoxy groups -OCH3 is 2. The molecule has 2 aromatic rings. The molecular weight excluding hydrogens is 374 g/mol. The topological polar surface area (TPSA) is 85.3 Å². The van der Waals surface area contributed by atoms with E-state index in [4.69, 9.17) is 14.2 Å². The smallest absolute Gasteiger partial charge is 0.304 e. The summed E-state index contributed by atoms with van der Waals surface area (Å²) in [6.07, 6.45) is -1.79. The van der Waals surface area contributed by atoms with Gasteiger partial charge < -0.3 is 19.3 Å². The Labute approximate surface area is 169 Å². The van der Waals surface area contributed by atoms with Gasteiger partial charge in [-0.3, -0.25) is 14.5 Å². The Hall–Kier alpha value is -3.06. The summed E-state index contributed by atoms with van der Waals surface area (Å²) in [4.78, 5) is 26.1. The second-order valence-corrected chi connectivity index (χ2v) is 6.96. The normalized spacial score (nSPS) is 19.5. The first-order chi connectivity index (χ1) is 13.9. The van der Waals surface area contributed by atoms with Gasteiger partial charge in [0.25, 0.3) is 0 Å². The lowest BCUT2D eigenvalue weighted by Gasteiger charge is -2.50. The maximum absolute atomic E-state index is 13.0. The van der Waals surface area contributed by atoms with Crippen LogP contribution in [0.3, 0.4) is 0 Å². The predicted octanol–water partition coefficient (Wildman–Crippen LogP) is 2.52. The first kappa shape index (κ1) is 20.7. The summed E-state index contributed by atoms with van der Waals surface area (Å²) in [5, 5.41) is 10.0. The van der Waals surface area contributed by atoms with Crippen LogP contribution in [0, 0.1) is 5.92 Å². The van der Waals surface area contributed by atoms with Gasteiger partial charge in [-0.1, -0.05) is 24.3 Å². The molecule has 3 rings (SSSR count). The highest BCUT2D eigenvalue weighted by molar-refractivity contribution is 5.88. The van der Waals surface area contributed by atoms with Gasteiger partial charge in [-0.25, -0.2) is 0 Å². The average molecular weight is 399 g/mol. The second-order valence-electron chi connectivity index (χ2n) is 6.96. The van der Waals surface area contributed by atoms with Gasteiger partial charge in [0, 0.05) is 6.92 Å². The van der Waals surface area contributed by atoms with Gasteiger partial charge in [0.15, 0.2) is 6.23 Å². The van der Waals surface area contributed by atoms with Crippen LogP contribution in [-0.2, 0) is 14.3 Å². The molecule has 7 nitrogen and oxygen atoms in total. The number of aliphatic hydroxyl groups excluding tert-OH is 1. The number of benzene rings is 2. The molecule has 0 saturated carbocycles. The van der Waals surface area contributed by atoms with Crippen molar-refractivity contribution in [2.45, 2.75) is 32.2 Å². The monoisotopic (exact) mass is 399 g/mol. The average Bonchev–Trinajstić information content (AvgIpc) is 2.71. The van der Waals surface area contributed by atoms with Crippen LogP contribution in [0.1, 0.15) is 31.0 Å². The number of β-lactam (4-membered cyclic amide) rings is 1. The van der Waals surface area contributed by atoms with Crippen LogP contribution >= 0.6 is 0 Å². The molecule has 1 aliphatic heterocycles. The maximum Gasteiger partial charge on any atom is 0.304 e. The summed E-state index contributed by atoms with van der Waals surface area (Å²) < 4.78 is 15.9. The Morgan fingerprint density at radius 3 is 1.76 bits per heavy atom. The molecule has 0 radical (unpaired) electrons. The SMILES string of the molecule is COc1ccc(C(c2ccc(OC)cc2)N2C(=O)[C@H]([C@@H](C)O)[C@H]2OC(C)=O)cc1. The molecule has 0 aliphatic carbocycles. The van der Waals surface area contributed by atoms with Crippen LogP contribution in [0.25, 0.3) is 0 Å². The Morgan fingerprint density at radius 1 is 0.966 bits per heavy atom. The molecule has 7 heteroatoms. The van der Waals surface area contributed by atoms with Crippen molar-refractivity contribution in [2.24, 2.45) is 5.92 Å². The van der Waals surface area contributed by atoms with Gasteiger partial charge in [0.1, 0.15) is 17.4 Å². The van der Waals surface area contributed by atoms with Gasteiger partial charge in [-0.05, 0) is 42.3 Å². The van der Waals surface area contributed by atoms with E-state index in [1.165, 1.54) is 18.7 Å². The summed E-state index contributed by atoms with van der Waals surface area (Å²) in [5.41, 5.74) is 1.65. The highest BCUT2D eigenvalue weighted by atomic mass is 16.6. The fourth-order valence-electron chi connectivity index (χ4n) is 3.62. The van der Waals surface area contributed by atoms with Gasteiger partial charge in [0.2, 0.25) is 5.91 Å². The maximum atomic E-state index is 13.0. The first-order valence-electron chi connectivity index (χ1n) is 9.32. The molecule has 0 unspecified atom stereocenters. The summed E-state index contributed by atoms with van der Waals surface area (Å²) >= 11 is 0. The Kier molecular flexibility index (Phi) is 6.08. The predicted molar refractivity (Wildman–Crippen MR) is 105 cm³/mol. The van der Waals surface area contributed by atoms with Crippen LogP contribution in [0.4, 0.5) is 0 Å². The molecule has 0 bridgehead atoms. The van der Waals surface area contributed by atoms with E-state index in [1.54, 1.807) is 14.2 Å². The van der Waals surface area contributed by atoms with Crippen LogP contribution in [0.15, 0.2) is 48.5 Å². The number of rotatable bonds is 7. The summed E-state index contributed by atoms with van der Waals surface area (Å²) in [6, 6.07) is 14.2. The highest BCUT2D eigenvalue weighted by Crippen LogP contribution is 2.42. The number of carbonyl (C=O) groups excluding carboxylic acids is 2. The largest absolute Gasteiger partial charge is 0.497 e. The lowest BCUT2D eigenvalue weighted by molar-refractivity contribution is -0.211. The van der Waals surface area contributed by atoms with Crippen molar-refractivity contribution in [3.63, 3.8) is 0 Å². The molecule has 0 aromatic heterocycles. The van der Waals surface area contributed by atoms with E-state index < -0.39 is 30.3 Å². The lowest BCUT2D eigenvalue weighted by atomic mass is 9.85. The third-order valence-corrected chi connectivity index (χ3v) is 5.07. The zero-order valence-electron chi connectivity index (χ0n) is 16.9.